The van der Waals surface area contributed by atoms with Crippen LogP contribution >= 0.6 is 0 Å². The van der Waals surface area contributed by atoms with Gasteiger partial charge in [-0.25, -0.2) is 5.84 Å². The highest BCUT2D eigenvalue weighted by Gasteiger charge is 1.99. The minimum atomic E-state index is 0.663. The second-order valence-electron chi connectivity index (χ2n) is 4.23. The van der Waals surface area contributed by atoms with Crippen molar-refractivity contribution in [3.8, 4) is 0 Å². The number of aliphatic imine (C=N–C) groups is 1. The molecule has 6 nitrogen and oxygen atoms in total. The van der Waals surface area contributed by atoms with Gasteiger partial charge < -0.3 is 15.0 Å². The molecular weight excluding hydrogens is 242 g/mol. The molecule has 0 saturated heterocycles. The van der Waals surface area contributed by atoms with Gasteiger partial charge in [0.2, 0.25) is 5.96 Å². The van der Waals surface area contributed by atoms with Gasteiger partial charge in [0.1, 0.15) is 0 Å². The van der Waals surface area contributed by atoms with Crippen LogP contribution in [-0.2, 0) is 4.74 Å². The van der Waals surface area contributed by atoms with E-state index in [0.717, 1.165) is 58.8 Å². The SMILES string of the molecule is CCOCCCN=C(NN)NCCCN(CC)CC. The Morgan fingerprint density at radius 2 is 1.95 bits per heavy atom. The molecule has 0 spiro atoms. The summed E-state index contributed by atoms with van der Waals surface area (Å²) in [5.74, 6) is 6.09. The number of hydrogen-bond donors (Lipinski definition) is 3. The van der Waals surface area contributed by atoms with Crippen molar-refractivity contribution in [2.45, 2.75) is 33.6 Å². The lowest BCUT2D eigenvalue weighted by Crippen LogP contribution is -2.42. The molecule has 0 rings (SSSR count). The molecule has 114 valence electrons. The fourth-order valence-electron chi connectivity index (χ4n) is 1.70. The Bertz CT molecular complexity index is 219. The zero-order valence-electron chi connectivity index (χ0n) is 12.7. The van der Waals surface area contributed by atoms with Gasteiger partial charge in [0.05, 0.1) is 0 Å². The van der Waals surface area contributed by atoms with E-state index in [4.69, 9.17) is 10.6 Å². The fraction of sp³-hybridized carbons (Fsp3) is 0.923. The van der Waals surface area contributed by atoms with Crippen molar-refractivity contribution in [2.24, 2.45) is 10.8 Å². The summed E-state index contributed by atoms with van der Waals surface area (Å²) >= 11 is 0. The molecule has 0 heterocycles. The van der Waals surface area contributed by atoms with Gasteiger partial charge in [-0.2, -0.15) is 0 Å². The van der Waals surface area contributed by atoms with Gasteiger partial charge in [0.15, 0.2) is 0 Å². The Balaban J connectivity index is 3.65. The maximum atomic E-state index is 5.42. The van der Waals surface area contributed by atoms with E-state index in [1.807, 2.05) is 6.92 Å². The third-order valence-electron chi connectivity index (χ3n) is 2.90. The largest absolute Gasteiger partial charge is 0.382 e. The van der Waals surface area contributed by atoms with Gasteiger partial charge in [-0.1, -0.05) is 13.8 Å². The van der Waals surface area contributed by atoms with Crippen molar-refractivity contribution in [2.75, 3.05) is 45.9 Å². The standard InChI is InChI=1S/C13H31N5O/c1-4-18(5-2)11-7-9-15-13(17-14)16-10-8-12-19-6-3/h4-12,14H2,1-3H3,(H2,15,16,17). The van der Waals surface area contributed by atoms with Crippen LogP contribution in [0, 0.1) is 0 Å². The van der Waals surface area contributed by atoms with E-state index in [1.165, 1.54) is 0 Å². The molecular formula is C13H31N5O. The Labute approximate surface area is 117 Å². The summed E-state index contributed by atoms with van der Waals surface area (Å²) < 4.78 is 5.25. The normalized spacial score (nSPS) is 11.9. The summed E-state index contributed by atoms with van der Waals surface area (Å²) in [4.78, 5) is 6.75. The number of hydrogen-bond acceptors (Lipinski definition) is 4. The molecule has 0 aromatic rings. The summed E-state index contributed by atoms with van der Waals surface area (Å²) in [5, 5.41) is 3.21. The van der Waals surface area contributed by atoms with E-state index in [-0.39, 0.29) is 0 Å². The molecule has 0 unspecified atom stereocenters. The van der Waals surface area contributed by atoms with Crippen LogP contribution in [0.2, 0.25) is 0 Å². The Morgan fingerprint density at radius 1 is 1.21 bits per heavy atom. The van der Waals surface area contributed by atoms with Crippen LogP contribution in [0.25, 0.3) is 0 Å². The van der Waals surface area contributed by atoms with E-state index in [0.29, 0.717) is 5.96 Å². The molecule has 0 aliphatic heterocycles. The number of ether oxygens (including phenoxy) is 1. The quantitative estimate of drug-likeness (QED) is 0.169. The van der Waals surface area contributed by atoms with Gasteiger partial charge in [0, 0.05) is 26.3 Å². The van der Waals surface area contributed by atoms with E-state index in [2.05, 4.69) is 34.5 Å². The van der Waals surface area contributed by atoms with Crippen molar-refractivity contribution < 1.29 is 4.74 Å². The van der Waals surface area contributed by atoms with Crippen LogP contribution in [0.3, 0.4) is 0 Å². The first-order chi connectivity index (χ1) is 9.28. The van der Waals surface area contributed by atoms with Gasteiger partial charge in [-0.05, 0) is 39.4 Å². The molecule has 0 aliphatic rings. The van der Waals surface area contributed by atoms with Crippen LogP contribution in [0.4, 0.5) is 0 Å². The van der Waals surface area contributed by atoms with Gasteiger partial charge >= 0.3 is 0 Å². The lowest BCUT2D eigenvalue weighted by molar-refractivity contribution is 0.146. The summed E-state index contributed by atoms with van der Waals surface area (Å²) in [6.45, 7) is 12.8. The maximum absolute atomic E-state index is 5.42. The predicted octanol–water partition coefficient (Wildman–Crippen LogP) is 0.554. The molecule has 4 N–H and O–H groups in total. The highest BCUT2D eigenvalue weighted by molar-refractivity contribution is 5.79. The second-order valence-corrected chi connectivity index (χ2v) is 4.23. The van der Waals surface area contributed by atoms with Crippen molar-refractivity contribution >= 4 is 5.96 Å². The lowest BCUT2D eigenvalue weighted by atomic mass is 10.3. The number of guanidine groups is 1. The molecule has 0 radical (unpaired) electrons. The molecule has 0 bridgehead atoms. The van der Waals surface area contributed by atoms with Gasteiger partial charge in [-0.3, -0.25) is 10.4 Å². The van der Waals surface area contributed by atoms with Crippen LogP contribution in [0.15, 0.2) is 4.99 Å². The number of hydrazine groups is 1. The van der Waals surface area contributed by atoms with Crippen LogP contribution in [0.1, 0.15) is 33.6 Å². The third kappa shape index (κ3) is 10.7. The van der Waals surface area contributed by atoms with Crippen LogP contribution in [0.5, 0.6) is 0 Å². The first-order valence-electron chi connectivity index (χ1n) is 7.33. The minimum absolute atomic E-state index is 0.663. The first-order valence-corrected chi connectivity index (χ1v) is 7.33. The highest BCUT2D eigenvalue weighted by atomic mass is 16.5. The first kappa shape index (κ1) is 18.1. The minimum Gasteiger partial charge on any atom is -0.382 e. The molecule has 0 amide bonds. The van der Waals surface area contributed by atoms with Gasteiger partial charge in [-0.15, -0.1) is 0 Å². The van der Waals surface area contributed by atoms with Gasteiger partial charge in [0.25, 0.3) is 0 Å². The van der Waals surface area contributed by atoms with Crippen molar-refractivity contribution in [3.05, 3.63) is 0 Å². The highest BCUT2D eigenvalue weighted by Crippen LogP contribution is 1.89. The fourth-order valence-corrected chi connectivity index (χ4v) is 1.70. The predicted molar refractivity (Wildman–Crippen MR) is 81.1 cm³/mol. The number of nitrogens with one attached hydrogen (secondary N) is 2. The van der Waals surface area contributed by atoms with Crippen molar-refractivity contribution in [3.63, 3.8) is 0 Å². The van der Waals surface area contributed by atoms with E-state index < -0.39 is 0 Å². The number of nitrogens with two attached hydrogens (primary N) is 1. The zero-order chi connectivity index (χ0) is 14.3. The van der Waals surface area contributed by atoms with Crippen LogP contribution in [-0.4, -0.2) is 56.8 Å². The molecule has 0 aromatic carbocycles. The second kappa shape index (κ2) is 13.6. The molecule has 19 heavy (non-hydrogen) atoms. The maximum Gasteiger partial charge on any atom is 0.205 e. The smallest absolute Gasteiger partial charge is 0.205 e. The average Bonchev–Trinajstić information content (AvgIpc) is 2.45. The van der Waals surface area contributed by atoms with Crippen LogP contribution < -0.4 is 16.6 Å². The summed E-state index contributed by atoms with van der Waals surface area (Å²) in [7, 11) is 0. The molecule has 0 aliphatic carbocycles. The zero-order valence-corrected chi connectivity index (χ0v) is 12.7. The monoisotopic (exact) mass is 273 g/mol. The van der Waals surface area contributed by atoms with E-state index in [9.17, 15) is 0 Å². The summed E-state index contributed by atoms with van der Waals surface area (Å²) in [6.07, 6.45) is 2.00. The summed E-state index contributed by atoms with van der Waals surface area (Å²) in [5.41, 5.74) is 2.59. The summed E-state index contributed by atoms with van der Waals surface area (Å²) in [6, 6.07) is 0. The number of nitrogens with zero attached hydrogens (tertiary/aromatic N) is 2. The molecule has 0 aromatic heterocycles. The Hall–Kier alpha value is -0.850. The Kier molecular flexibility index (Phi) is 13.0. The van der Waals surface area contributed by atoms with Crippen molar-refractivity contribution in [1.82, 2.24) is 15.6 Å². The Morgan fingerprint density at radius 3 is 2.53 bits per heavy atom. The topological polar surface area (TPSA) is 74.9 Å². The van der Waals surface area contributed by atoms with Crippen molar-refractivity contribution in [1.29, 1.82) is 0 Å². The lowest BCUT2D eigenvalue weighted by Gasteiger charge is -2.18. The van der Waals surface area contributed by atoms with E-state index >= 15 is 0 Å². The molecule has 6 heteroatoms. The number of rotatable bonds is 11. The average molecular weight is 273 g/mol. The van der Waals surface area contributed by atoms with E-state index in [1.54, 1.807) is 0 Å². The molecule has 0 atom stereocenters. The third-order valence-corrected chi connectivity index (χ3v) is 2.90. The molecule has 0 fully saturated rings. The molecule has 0 saturated carbocycles.